The summed E-state index contributed by atoms with van der Waals surface area (Å²) in [6.45, 7) is 0.250. The van der Waals surface area contributed by atoms with E-state index in [1.807, 2.05) is 12.1 Å². The van der Waals surface area contributed by atoms with Crippen molar-refractivity contribution in [1.29, 1.82) is 0 Å². The second-order valence-corrected chi connectivity index (χ2v) is 6.38. The summed E-state index contributed by atoms with van der Waals surface area (Å²) >= 11 is 0. The zero-order chi connectivity index (χ0) is 16.0. The molecular formula is C14H15N3O4S. The molecule has 7 nitrogen and oxygen atoms in total. The maximum atomic E-state index is 12.1. The highest BCUT2D eigenvalue weighted by atomic mass is 32.2. The highest BCUT2D eigenvalue weighted by molar-refractivity contribution is 7.89. The summed E-state index contributed by atoms with van der Waals surface area (Å²) in [5.41, 5.74) is 0.773. The molecule has 0 fully saturated rings. The van der Waals surface area contributed by atoms with Gasteiger partial charge in [0.2, 0.25) is 10.0 Å². The Labute approximate surface area is 128 Å². The topological polar surface area (TPSA) is 102 Å². The first-order valence-electron chi connectivity index (χ1n) is 6.62. The maximum absolute atomic E-state index is 12.1. The van der Waals surface area contributed by atoms with Gasteiger partial charge in [0.25, 0.3) is 5.69 Å². The number of hydrogen-bond acceptors (Lipinski definition) is 5. The van der Waals surface area contributed by atoms with Crippen LogP contribution >= 0.6 is 0 Å². The van der Waals surface area contributed by atoms with E-state index in [4.69, 9.17) is 0 Å². The SMILES string of the molecule is O=[N+]([O-])c1cccc(S(=O)(=O)NCCCc2cccnc2)c1. The van der Waals surface area contributed by atoms with Crippen LogP contribution in [0, 0.1) is 10.1 Å². The molecule has 0 aliphatic heterocycles. The van der Waals surface area contributed by atoms with Crippen LogP contribution in [0.15, 0.2) is 53.7 Å². The second-order valence-electron chi connectivity index (χ2n) is 4.62. The monoisotopic (exact) mass is 321 g/mol. The summed E-state index contributed by atoms with van der Waals surface area (Å²) in [7, 11) is -3.74. The predicted octanol–water partition coefficient (Wildman–Crippen LogP) is 1.90. The van der Waals surface area contributed by atoms with Crippen LogP contribution in [-0.2, 0) is 16.4 Å². The number of aryl methyl sites for hydroxylation is 1. The van der Waals surface area contributed by atoms with Crippen molar-refractivity contribution in [2.24, 2.45) is 0 Å². The molecule has 0 unspecified atom stereocenters. The van der Waals surface area contributed by atoms with Crippen LogP contribution in [0.2, 0.25) is 0 Å². The zero-order valence-corrected chi connectivity index (χ0v) is 12.5. The normalized spacial score (nSPS) is 11.3. The van der Waals surface area contributed by atoms with E-state index in [-0.39, 0.29) is 17.1 Å². The molecule has 22 heavy (non-hydrogen) atoms. The lowest BCUT2D eigenvalue weighted by Crippen LogP contribution is -2.25. The molecule has 0 atom stereocenters. The number of nitrogens with one attached hydrogen (secondary N) is 1. The summed E-state index contributed by atoms with van der Waals surface area (Å²) in [6, 6.07) is 8.72. The average Bonchev–Trinajstić information content (AvgIpc) is 2.53. The van der Waals surface area contributed by atoms with Crippen LogP contribution in [0.4, 0.5) is 5.69 Å². The van der Waals surface area contributed by atoms with Crippen molar-refractivity contribution in [2.45, 2.75) is 17.7 Å². The largest absolute Gasteiger partial charge is 0.270 e. The van der Waals surface area contributed by atoms with E-state index in [2.05, 4.69) is 9.71 Å². The van der Waals surface area contributed by atoms with Gasteiger partial charge < -0.3 is 0 Å². The molecule has 0 saturated heterocycles. The van der Waals surface area contributed by atoms with E-state index in [0.29, 0.717) is 12.8 Å². The first-order valence-corrected chi connectivity index (χ1v) is 8.10. The molecule has 0 aliphatic rings. The molecule has 1 aromatic heterocycles. The van der Waals surface area contributed by atoms with Crippen molar-refractivity contribution < 1.29 is 13.3 Å². The lowest BCUT2D eigenvalue weighted by atomic mass is 10.2. The Morgan fingerprint density at radius 1 is 1.23 bits per heavy atom. The first-order chi connectivity index (χ1) is 10.5. The number of benzene rings is 1. The number of sulfonamides is 1. The number of non-ortho nitro benzene ring substituents is 1. The molecule has 2 rings (SSSR count). The molecule has 1 aromatic carbocycles. The van der Waals surface area contributed by atoms with Gasteiger partial charge in [0.1, 0.15) is 0 Å². The molecule has 2 aromatic rings. The second kappa shape index (κ2) is 7.10. The molecule has 1 heterocycles. The Balaban J connectivity index is 1.94. The molecule has 0 spiro atoms. The summed E-state index contributed by atoms with van der Waals surface area (Å²) in [5.74, 6) is 0. The molecule has 116 valence electrons. The smallest absolute Gasteiger partial charge is 0.264 e. The van der Waals surface area contributed by atoms with Gasteiger partial charge in [0.05, 0.1) is 9.82 Å². The van der Waals surface area contributed by atoms with Crippen LogP contribution in [0.1, 0.15) is 12.0 Å². The summed E-state index contributed by atoms with van der Waals surface area (Å²) in [5, 5.41) is 10.7. The number of rotatable bonds is 7. The molecule has 0 bridgehead atoms. The summed E-state index contributed by atoms with van der Waals surface area (Å²) < 4.78 is 26.6. The number of nitro benzene ring substituents is 1. The Hall–Kier alpha value is -2.32. The third-order valence-corrected chi connectivity index (χ3v) is 4.45. The quantitative estimate of drug-likeness (QED) is 0.476. The summed E-state index contributed by atoms with van der Waals surface area (Å²) in [6.07, 6.45) is 4.72. The van der Waals surface area contributed by atoms with Crippen LogP contribution < -0.4 is 4.72 Å². The van der Waals surface area contributed by atoms with Crippen LogP contribution in [0.5, 0.6) is 0 Å². The maximum Gasteiger partial charge on any atom is 0.270 e. The van der Waals surface area contributed by atoms with Gasteiger partial charge in [0, 0.05) is 31.1 Å². The molecule has 0 amide bonds. The molecule has 0 aliphatic carbocycles. The van der Waals surface area contributed by atoms with Crippen molar-refractivity contribution in [1.82, 2.24) is 9.71 Å². The van der Waals surface area contributed by atoms with Gasteiger partial charge in [-0.3, -0.25) is 15.1 Å². The van der Waals surface area contributed by atoms with E-state index in [1.165, 1.54) is 18.2 Å². The van der Waals surface area contributed by atoms with Gasteiger partial charge in [-0.25, -0.2) is 13.1 Å². The Bertz CT molecular complexity index is 748. The molecule has 8 heteroatoms. The molecular weight excluding hydrogens is 306 g/mol. The molecule has 0 saturated carbocycles. The number of pyridine rings is 1. The number of aromatic nitrogens is 1. The number of hydrogen-bond donors (Lipinski definition) is 1. The fourth-order valence-electron chi connectivity index (χ4n) is 1.89. The highest BCUT2D eigenvalue weighted by Gasteiger charge is 2.16. The van der Waals surface area contributed by atoms with Gasteiger partial charge >= 0.3 is 0 Å². The first kappa shape index (κ1) is 16.1. The van der Waals surface area contributed by atoms with E-state index in [0.717, 1.165) is 11.6 Å². The fraction of sp³-hybridized carbons (Fsp3) is 0.214. The van der Waals surface area contributed by atoms with Crippen molar-refractivity contribution in [3.05, 3.63) is 64.5 Å². The van der Waals surface area contributed by atoms with Crippen LogP contribution in [0.3, 0.4) is 0 Å². The van der Waals surface area contributed by atoms with Crippen molar-refractivity contribution >= 4 is 15.7 Å². The zero-order valence-electron chi connectivity index (χ0n) is 11.7. The average molecular weight is 321 g/mol. The Morgan fingerprint density at radius 3 is 2.73 bits per heavy atom. The highest BCUT2D eigenvalue weighted by Crippen LogP contribution is 2.17. The van der Waals surface area contributed by atoms with Crippen molar-refractivity contribution in [2.75, 3.05) is 6.54 Å². The van der Waals surface area contributed by atoms with Gasteiger partial charge in [-0.15, -0.1) is 0 Å². The Kier molecular flexibility index (Phi) is 5.18. The van der Waals surface area contributed by atoms with Gasteiger partial charge in [0.15, 0.2) is 0 Å². The lowest BCUT2D eigenvalue weighted by molar-refractivity contribution is -0.385. The fourth-order valence-corrected chi connectivity index (χ4v) is 3.01. The van der Waals surface area contributed by atoms with Crippen LogP contribution in [0.25, 0.3) is 0 Å². The van der Waals surface area contributed by atoms with Crippen LogP contribution in [-0.4, -0.2) is 24.9 Å². The minimum atomic E-state index is -3.74. The lowest BCUT2D eigenvalue weighted by Gasteiger charge is -2.06. The standard InChI is InChI=1S/C14H15N3O4S/c18-17(19)13-6-1-7-14(10-13)22(20,21)16-9-3-5-12-4-2-8-15-11-12/h1-2,4,6-8,10-11,16H,3,5,9H2. The van der Waals surface area contributed by atoms with E-state index in [9.17, 15) is 18.5 Å². The predicted molar refractivity (Wildman–Crippen MR) is 80.8 cm³/mol. The van der Waals surface area contributed by atoms with E-state index < -0.39 is 14.9 Å². The summed E-state index contributed by atoms with van der Waals surface area (Å²) in [4.78, 5) is 13.9. The van der Waals surface area contributed by atoms with Gasteiger partial charge in [-0.1, -0.05) is 12.1 Å². The number of nitrogens with zero attached hydrogens (tertiary/aromatic N) is 2. The minimum absolute atomic E-state index is 0.108. The van der Waals surface area contributed by atoms with Gasteiger partial charge in [-0.2, -0.15) is 0 Å². The van der Waals surface area contributed by atoms with E-state index >= 15 is 0 Å². The molecule has 1 N–H and O–H groups in total. The molecule has 0 radical (unpaired) electrons. The van der Waals surface area contributed by atoms with E-state index in [1.54, 1.807) is 12.4 Å². The van der Waals surface area contributed by atoms with Crippen molar-refractivity contribution in [3.8, 4) is 0 Å². The van der Waals surface area contributed by atoms with Gasteiger partial charge in [-0.05, 0) is 30.5 Å². The third-order valence-electron chi connectivity index (χ3n) is 3.00. The minimum Gasteiger partial charge on any atom is -0.264 e. The third kappa shape index (κ3) is 4.34. The van der Waals surface area contributed by atoms with Crippen molar-refractivity contribution in [3.63, 3.8) is 0 Å². The Morgan fingerprint density at radius 2 is 2.05 bits per heavy atom. The number of nitro groups is 1.